The highest BCUT2D eigenvalue weighted by atomic mass is 32.2. The van der Waals surface area contributed by atoms with Crippen LogP contribution in [0, 0.1) is 0 Å². The number of azo groups is 4. The number of ether oxygens (including phenoxy) is 2. The Labute approximate surface area is 523 Å². The molecule has 33 nitrogen and oxygen atoms in total. The van der Waals surface area contributed by atoms with E-state index in [2.05, 4.69) is 46.2 Å². The lowest BCUT2D eigenvalue weighted by molar-refractivity contribution is 0.413. The third-order valence-corrected chi connectivity index (χ3v) is 18.8. The SMILES string of the molecule is COc1cc(N=Nc2c(S(=O)(=O)O)cc3cc(Nc4ccc5c(O)c(N=Nc6cc(OC)c(N=Nc7cc(S(=O)(=O)O)c8cccc(S(=O)(=O)O)c8c7)cc6O)c(S(=O)(=O)O)cc5c4)ccc3c2O)c(O)cc1N=Nc1cc(S(=O)(=O)O)c2cccc(S(=O)(=O)O)c2c1. The van der Waals surface area contributed by atoms with Gasteiger partial charge in [0.05, 0.1) is 25.6 Å². The molecule has 0 amide bonds. The standard InChI is InChI=1S/C54H39N9O24S6/c1-86-43-23-37(41(64)21-39(43)60-56-29-17-35-33(47(19-29)90(74,75)76)5-3-7-45(35)88(68,69)70)58-62-51-49(92(80,81)82)15-25-13-27(9-11-31(25)53(51)66)55-28-10-12-32-26(14-28)16-50(93(83,84)85)52(54(32)67)63-59-38-24-44(87-2)40(22-42(38)65)61-57-30-18-36-34(48(20-30)91(77,78)79)6-4-8-46(36)89(71,72)73/h3-24,55,64-67H,1-2H3,(H,68,69,70)(H,71,72,73)(H,74,75,76)(H,77,78,79)(H,80,81,82)(H,83,84,85). The first kappa shape index (κ1) is 65.6. The van der Waals surface area contributed by atoms with Crippen LogP contribution in [0.15, 0.2) is 204 Å². The molecule has 0 unspecified atom stereocenters. The second-order valence-corrected chi connectivity index (χ2v) is 27.7. The van der Waals surface area contributed by atoms with E-state index in [0.29, 0.717) is 0 Å². The molecule has 10 rings (SSSR count). The third-order valence-electron chi connectivity index (χ3n) is 13.5. The second-order valence-electron chi connectivity index (χ2n) is 19.4. The summed E-state index contributed by atoms with van der Waals surface area (Å²) in [5.41, 5.74) is -3.45. The molecule has 0 atom stereocenters. The molecule has 39 heteroatoms. The summed E-state index contributed by atoms with van der Waals surface area (Å²) < 4.78 is 220. The maximum absolute atomic E-state index is 12.8. The molecular weight excluding hydrogens is 1350 g/mol. The highest BCUT2D eigenvalue weighted by Crippen LogP contribution is 2.48. The second kappa shape index (κ2) is 24.1. The summed E-state index contributed by atoms with van der Waals surface area (Å²) in [6.45, 7) is 0. The van der Waals surface area contributed by atoms with Gasteiger partial charge in [-0.2, -0.15) is 60.7 Å². The smallest absolute Gasteiger partial charge is 0.296 e. The van der Waals surface area contributed by atoms with Crippen molar-refractivity contribution >= 4 is 161 Å². The zero-order valence-corrected chi connectivity index (χ0v) is 51.3. The number of nitrogens with one attached hydrogen (secondary N) is 1. The molecule has 0 aromatic heterocycles. The van der Waals surface area contributed by atoms with E-state index in [1.165, 1.54) is 36.4 Å². The zero-order chi connectivity index (χ0) is 67.7. The summed E-state index contributed by atoms with van der Waals surface area (Å²) >= 11 is 0. The molecule has 0 fully saturated rings. The number of phenolic OH excluding ortho intramolecular Hbond substituents is 4. The molecular formula is C54H39N9O24S6. The number of benzene rings is 10. The van der Waals surface area contributed by atoms with Crippen molar-refractivity contribution < 1.29 is 108 Å². The van der Waals surface area contributed by atoms with Gasteiger partial charge in [-0.1, -0.05) is 24.3 Å². The van der Waals surface area contributed by atoms with Crippen LogP contribution in [0.3, 0.4) is 0 Å². The maximum atomic E-state index is 12.8. The summed E-state index contributed by atoms with van der Waals surface area (Å²) in [7, 11) is -28.1. The topological polar surface area (TPSA) is 537 Å². The van der Waals surface area contributed by atoms with Gasteiger partial charge in [0.25, 0.3) is 60.7 Å². The van der Waals surface area contributed by atoms with E-state index in [0.717, 1.165) is 111 Å². The summed E-state index contributed by atoms with van der Waals surface area (Å²) in [4.78, 5) is -5.01. The van der Waals surface area contributed by atoms with E-state index >= 15 is 0 Å². The highest BCUT2D eigenvalue weighted by molar-refractivity contribution is 7.87. The van der Waals surface area contributed by atoms with Crippen LogP contribution in [0.1, 0.15) is 0 Å². The van der Waals surface area contributed by atoms with E-state index in [9.17, 15) is 98.2 Å². The Balaban J connectivity index is 0.917. The summed E-state index contributed by atoms with van der Waals surface area (Å²) in [5.74, 6) is -3.56. The molecule has 480 valence electrons. The quantitative estimate of drug-likeness (QED) is 0.0281. The predicted molar refractivity (Wildman–Crippen MR) is 327 cm³/mol. The molecule has 10 aromatic rings. The van der Waals surface area contributed by atoms with E-state index in [1.807, 2.05) is 0 Å². The first-order valence-corrected chi connectivity index (χ1v) is 33.9. The van der Waals surface area contributed by atoms with Gasteiger partial charge in [0, 0.05) is 68.0 Å². The number of methoxy groups -OCH3 is 2. The molecule has 10 aromatic carbocycles. The van der Waals surface area contributed by atoms with Gasteiger partial charge in [-0.25, -0.2) is 0 Å². The van der Waals surface area contributed by atoms with Gasteiger partial charge in [-0.3, -0.25) is 27.3 Å². The predicted octanol–water partition coefficient (Wildman–Crippen LogP) is 12.0. The molecule has 0 aliphatic rings. The van der Waals surface area contributed by atoms with Gasteiger partial charge >= 0.3 is 0 Å². The van der Waals surface area contributed by atoms with Gasteiger partial charge in [0.15, 0.2) is 11.5 Å². The number of rotatable bonds is 18. The normalized spacial score (nSPS) is 13.0. The molecule has 0 spiro atoms. The van der Waals surface area contributed by atoms with Gasteiger partial charge < -0.3 is 35.2 Å². The molecule has 0 aliphatic heterocycles. The average Bonchev–Trinajstić information content (AvgIpc) is 0.793. The zero-order valence-electron chi connectivity index (χ0n) is 46.4. The molecule has 0 heterocycles. The Bertz CT molecular complexity index is 5410. The van der Waals surface area contributed by atoms with Gasteiger partial charge in [0.2, 0.25) is 0 Å². The average molecular weight is 1390 g/mol. The minimum atomic E-state index is -5.25. The van der Waals surface area contributed by atoms with Crippen molar-refractivity contribution in [1.29, 1.82) is 0 Å². The summed E-state index contributed by atoms with van der Waals surface area (Å²) in [6, 6.07) is 24.0. The number of phenols is 4. The van der Waals surface area contributed by atoms with Gasteiger partial charge in [-0.05, 0) is 95.7 Å². The Morgan fingerprint density at radius 3 is 1.00 bits per heavy atom. The fraction of sp³-hybridized carbons (Fsp3) is 0.0370. The molecule has 0 saturated heterocycles. The van der Waals surface area contributed by atoms with Crippen molar-refractivity contribution in [3.8, 4) is 34.5 Å². The van der Waals surface area contributed by atoms with Crippen LogP contribution in [0.25, 0.3) is 43.1 Å². The Morgan fingerprint density at radius 1 is 0.323 bits per heavy atom. The van der Waals surface area contributed by atoms with Crippen molar-refractivity contribution in [2.75, 3.05) is 19.5 Å². The van der Waals surface area contributed by atoms with E-state index in [4.69, 9.17) is 9.47 Å². The summed E-state index contributed by atoms with van der Waals surface area (Å²) in [6.07, 6.45) is 0. The first-order valence-electron chi connectivity index (χ1n) is 25.3. The monoisotopic (exact) mass is 1390 g/mol. The molecule has 0 saturated carbocycles. The van der Waals surface area contributed by atoms with Crippen LogP contribution in [0.2, 0.25) is 0 Å². The van der Waals surface area contributed by atoms with Gasteiger partial charge in [-0.15, -0.1) is 30.7 Å². The number of nitrogens with zero attached hydrogens (tertiary/aromatic N) is 8. The molecule has 0 aliphatic carbocycles. The lowest BCUT2D eigenvalue weighted by Gasteiger charge is -2.13. The van der Waals surface area contributed by atoms with Crippen LogP contribution in [0.5, 0.6) is 34.5 Å². The van der Waals surface area contributed by atoms with E-state index in [1.54, 1.807) is 0 Å². The van der Waals surface area contributed by atoms with Crippen LogP contribution >= 0.6 is 0 Å². The number of aromatic hydroxyl groups is 4. The van der Waals surface area contributed by atoms with E-state index in [-0.39, 0.29) is 88.7 Å². The molecule has 11 N–H and O–H groups in total. The van der Waals surface area contributed by atoms with Gasteiger partial charge in [0.1, 0.15) is 86.5 Å². The minimum Gasteiger partial charge on any atom is -0.506 e. The van der Waals surface area contributed by atoms with Crippen molar-refractivity contribution in [1.82, 2.24) is 0 Å². The highest BCUT2D eigenvalue weighted by Gasteiger charge is 2.27. The van der Waals surface area contributed by atoms with Crippen molar-refractivity contribution in [3.63, 3.8) is 0 Å². The van der Waals surface area contributed by atoms with Crippen LogP contribution in [-0.2, 0) is 60.7 Å². The maximum Gasteiger partial charge on any atom is 0.296 e. The summed E-state index contributed by atoms with van der Waals surface area (Å²) in [5, 5.41) is 77.3. The third kappa shape index (κ3) is 13.6. The van der Waals surface area contributed by atoms with Crippen molar-refractivity contribution in [3.05, 3.63) is 133 Å². The number of fused-ring (bicyclic) bond motifs is 4. The number of hydrogen-bond donors (Lipinski definition) is 11. The fourth-order valence-corrected chi connectivity index (χ4v) is 13.6. The fourth-order valence-electron chi connectivity index (χ4n) is 9.39. The van der Waals surface area contributed by atoms with Crippen molar-refractivity contribution in [2.45, 2.75) is 29.4 Å². The Kier molecular flexibility index (Phi) is 17.0. The lowest BCUT2D eigenvalue weighted by Crippen LogP contribution is -2.03. The van der Waals surface area contributed by atoms with Crippen LogP contribution in [-0.4, -0.2) is 112 Å². The van der Waals surface area contributed by atoms with Crippen LogP contribution < -0.4 is 14.8 Å². The largest absolute Gasteiger partial charge is 0.506 e. The molecule has 0 radical (unpaired) electrons. The Hall–Kier alpha value is -10.3. The van der Waals surface area contributed by atoms with E-state index < -0.39 is 136 Å². The Morgan fingerprint density at radius 2 is 0.667 bits per heavy atom. The van der Waals surface area contributed by atoms with Crippen LogP contribution in [0.4, 0.5) is 56.9 Å². The number of anilines is 2. The number of hydrogen-bond acceptors (Lipinski definition) is 27. The molecule has 0 bridgehead atoms. The lowest BCUT2D eigenvalue weighted by atomic mass is 10.1. The minimum absolute atomic E-state index is 0.0329. The first-order chi connectivity index (χ1) is 43.4. The van der Waals surface area contributed by atoms with Crippen molar-refractivity contribution in [2.24, 2.45) is 40.9 Å². The molecule has 93 heavy (non-hydrogen) atoms.